The van der Waals surface area contributed by atoms with E-state index in [1.54, 1.807) is 18.3 Å². The van der Waals surface area contributed by atoms with Crippen LogP contribution in [0, 0.1) is 10.1 Å². The fourth-order valence-electron chi connectivity index (χ4n) is 1.67. The van der Waals surface area contributed by atoms with Crippen LogP contribution in [0.1, 0.15) is 10.4 Å². The minimum atomic E-state index is -0.615. The number of nitrogen functional groups attached to an aromatic ring is 1. The SMILES string of the molecule is NNc1c(C(=O)Nc2cccnc2)cccc1[N+](=O)[O-]. The molecule has 0 radical (unpaired) electrons. The molecule has 0 aliphatic heterocycles. The van der Waals surface area contributed by atoms with E-state index in [0.717, 1.165) is 0 Å². The molecule has 102 valence electrons. The first-order valence-corrected chi connectivity index (χ1v) is 5.59. The monoisotopic (exact) mass is 273 g/mol. The van der Waals surface area contributed by atoms with Gasteiger partial charge in [0.15, 0.2) is 0 Å². The quantitative estimate of drug-likeness (QED) is 0.441. The predicted octanol–water partition coefficient (Wildman–Crippen LogP) is 1.53. The minimum absolute atomic E-state index is 0.0427. The number of aromatic nitrogens is 1. The Hall–Kier alpha value is -3.00. The fourth-order valence-corrected chi connectivity index (χ4v) is 1.67. The average molecular weight is 273 g/mol. The molecule has 2 aromatic rings. The van der Waals surface area contributed by atoms with Crippen LogP contribution < -0.4 is 16.6 Å². The highest BCUT2D eigenvalue weighted by molar-refractivity contribution is 6.09. The summed E-state index contributed by atoms with van der Waals surface area (Å²) in [5.41, 5.74) is 2.43. The first kappa shape index (κ1) is 13.4. The van der Waals surface area contributed by atoms with Crippen LogP contribution in [0.25, 0.3) is 0 Å². The highest BCUT2D eigenvalue weighted by Gasteiger charge is 2.20. The maximum absolute atomic E-state index is 12.1. The summed E-state index contributed by atoms with van der Waals surface area (Å²) in [5, 5.41) is 13.5. The molecule has 1 heterocycles. The summed E-state index contributed by atoms with van der Waals surface area (Å²) in [6.45, 7) is 0. The number of nitrogens with one attached hydrogen (secondary N) is 2. The van der Waals surface area contributed by atoms with E-state index >= 15 is 0 Å². The summed E-state index contributed by atoms with van der Waals surface area (Å²) in [7, 11) is 0. The zero-order valence-corrected chi connectivity index (χ0v) is 10.2. The van der Waals surface area contributed by atoms with Gasteiger partial charge in [0.1, 0.15) is 5.69 Å². The lowest BCUT2D eigenvalue weighted by atomic mass is 10.1. The van der Waals surface area contributed by atoms with Crippen LogP contribution in [-0.2, 0) is 0 Å². The van der Waals surface area contributed by atoms with Crippen molar-refractivity contribution in [3.05, 3.63) is 58.4 Å². The molecule has 0 aliphatic carbocycles. The minimum Gasteiger partial charge on any atom is -0.321 e. The Morgan fingerprint density at radius 1 is 1.30 bits per heavy atom. The Balaban J connectivity index is 2.35. The summed E-state index contributed by atoms with van der Waals surface area (Å²) >= 11 is 0. The van der Waals surface area contributed by atoms with Crippen molar-refractivity contribution in [2.24, 2.45) is 5.84 Å². The number of nitrogens with zero attached hydrogens (tertiary/aromatic N) is 2. The molecule has 2 rings (SSSR count). The lowest BCUT2D eigenvalue weighted by Gasteiger charge is -2.09. The van der Waals surface area contributed by atoms with Gasteiger partial charge in [-0.05, 0) is 18.2 Å². The number of nitro benzene ring substituents is 1. The van der Waals surface area contributed by atoms with E-state index in [2.05, 4.69) is 15.7 Å². The Morgan fingerprint density at radius 2 is 2.10 bits per heavy atom. The number of nitrogens with two attached hydrogens (primary N) is 1. The van der Waals surface area contributed by atoms with Gasteiger partial charge in [0.25, 0.3) is 11.6 Å². The molecule has 8 heteroatoms. The maximum Gasteiger partial charge on any atom is 0.294 e. The van der Waals surface area contributed by atoms with E-state index < -0.39 is 10.8 Å². The van der Waals surface area contributed by atoms with Crippen LogP contribution in [0.3, 0.4) is 0 Å². The number of hydrazine groups is 1. The Morgan fingerprint density at radius 3 is 2.70 bits per heavy atom. The number of carbonyl (C=O) groups excluding carboxylic acids is 1. The van der Waals surface area contributed by atoms with Crippen LogP contribution in [-0.4, -0.2) is 15.8 Å². The second-order valence-electron chi connectivity index (χ2n) is 3.80. The molecule has 1 aromatic heterocycles. The van der Waals surface area contributed by atoms with Crippen LogP contribution in [0.5, 0.6) is 0 Å². The molecule has 1 aromatic carbocycles. The number of hydrogen-bond acceptors (Lipinski definition) is 6. The summed E-state index contributed by atoms with van der Waals surface area (Å²) in [4.78, 5) is 26.2. The topological polar surface area (TPSA) is 123 Å². The van der Waals surface area contributed by atoms with Crippen molar-refractivity contribution in [2.75, 3.05) is 10.7 Å². The Bertz CT molecular complexity index is 645. The predicted molar refractivity (Wildman–Crippen MR) is 73.1 cm³/mol. The van der Waals surface area contributed by atoms with Crippen molar-refractivity contribution in [3.63, 3.8) is 0 Å². The molecule has 0 unspecified atom stereocenters. The maximum atomic E-state index is 12.1. The Kier molecular flexibility index (Phi) is 3.87. The molecule has 0 saturated carbocycles. The summed E-state index contributed by atoms with van der Waals surface area (Å²) in [6, 6.07) is 7.42. The van der Waals surface area contributed by atoms with Gasteiger partial charge >= 0.3 is 0 Å². The average Bonchev–Trinajstić information content (AvgIpc) is 2.47. The van der Waals surface area contributed by atoms with E-state index in [1.165, 1.54) is 24.4 Å². The van der Waals surface area contributed by atoms with Gasteiger partial charge in [-0.2, -0.15) is 0 Å². The molecule has 0 aliphatic rings. The van der Waals surface area contributed by atoms with Gasteiger partial charge < -0.3 is 10.7 Å². The van der Waals surface area contributed by atoms with Crippen LogP contribution >= 0.6 is 0 Å². The smallest absolute Gasteiger partial charge is 0.294 e. The molecule has 0 spiro atoms. The molecular weight excluding hydrogens is 262 g/mol. The molecule has 1 amide bonds. The van der Waals surface area contributed by atoms with E-state index in [-0.39, 0.29) is 16.9 Å². The molecule has 20 heavy (non-hydrogen) atoms. The zero-order valence-electron chi connectivity index (χ0n) is 10.2. The third-order valence-electron chi connectivity index (χ3n) is 2.55. The lowest BCUT2D eigenvalue weighted by Crippen LogP contribution is -2.18. The highest BCUT2D eigenvalue weighted by atomic mass is 16.6. The van der Waals surface area contributed by atoms with Crippen molar-refractivity contribution in [1.82, 2.24) is 4.98 Å². The largest absolute Gasteiger partial charge is 0.321 e. The number of hydrogen-bond donors (Lipinski definition) is 3. The van der Waals surface area contributed by atoms with Crippen LogP contribution in [0.4, 0.5) is 17.1 Å². The molecule has 0 atom stereocenters. The van der Waals surface area contributed by atoms with E-state index in [0.29, 0.717) is 5.69 Å². The Labute approximate surface area is 113 Å². The summed E-state index contributed by atoms with van der Waals surface area (Å²) < 4.78 is 0. The first-order valence-electron chi connectivity index (χ1n) is 5.59. The second-order valence-corrected chi connectivity index (χ2v) is 3.80. The van der Waals surface area contributed by atoms with Crippen LogP contribution in [0.2, 0.25) is 0 Å². The number of para-hydroxylation sites is 1. The number of carbonyl (C=O) groups is 1. The second kappa shape index (κ2) is 5.76. The third kappa shape index (κ3) is 2.70. The van der Waals surface area contributed by atoms with Gasteiger partial charge in [-0.15, -0.1) is 0 Å². The third-order valence-corrected chi connectivity index (χ3v) is 2.55. The van der Waals surface area contributed by atoms with Crippen molar-refractivity contribution in [1.29, 1.82) is 0 Å². The van der Waals surface area contributed by atoms with Crippen molar-refractivity contribution < 1.29 is 9.72 Å². The van der Waals surface area contributed by atoms with E-state index in [1.807, 2.05) is 0 Å². The van der Waals surface area contributed by atoms with Gasteiger partial charge in [0.05, 0.1) is 22.4 Å². The van der Waals surface area contributed by atoms with Crippen molar-refractivity contribution in [3.8, 4) is 0 Å². The lowest BCUT2D eigenvalue weighted by molar-refractivity contribution is -0.384. The molecule has 4 N–H and O–H groups in total. The number of benzene rings is 1. The van der Waals surface area contributed by atoms with Gasteiger partial charge in [-0.1, -0.05) is 6.07 Å². The zero-order chi connectivity index (χ0) is 14.5. The highest BCUT2D eigenvalue weighted by Crippen LogP contribution is 2.27. The van der Waals surface area contributed by atoms with Gasteiger partial charge in [-0.3, -0.25) is 25.7 Å². The van der Waals surface area contributed by atoms with E-state index in [4.69, 9.17) is 5.84 Å². The fraction of sp³-hybridized carbons (Fsp3) is 0. The summed E-state index contributed by atoms with van der Waals surface area (Å²) in [6.07, 6.45) is 3.03. The van der Waals surface area contributed by atoms with Gasteiger partial charge in [0.2, 0.25) is 0 Å². The molecule has 0 saturated heterocycles. The van der Waals surface area contributed by atoms with Crippen molar-refractivity contribution >= 4 is 23.0 Å². The number of pyridine rings is 1. The molecular formula is C12H11N5O3. The molecule has 0 bridgehead atoms. The van der Waals surface area contributed by atoms with Gasteiger partial charge in [0, 0.05) is 12.3 Å². The number of amides is 1. The van der Waals surface area contributed by atoms with Gasteiger partial charge in [-0.25, -0.2) is 0 Å². The first-order chi connectivity index (χ1) is 9.63. The van der Waals surface area contributed by atoms with Crippen LogP contribution in [0.15, 0.2) is 42.7 Å². The number of anilines is 2. The number of rotatable bonds is 4. The normalized spacial score (nSPS) is 9.85. The standard InChI is InChI=1S/C12H11N5O3/c13-16-11-9(4-1-5-10(11)17(19)20)12(18)15-8-3-2-6-14-7-8/h1-7,16H,13H2,(H,15,18). The van der Waals surface area contributed by atoms with E-state index in [9.17, 15) is 14.9 Å². The van der Waals surface area contributed by atoms with Crippen molar-refractivity contribution in [2.45, 2.75) is 0 Å². The molecule has 8 nitrogen and oxygen atoms in total. The molecule has 0 fully saturated rings. The summed E-state index contributed by atoms with van der Waals surface area (Å²) in [5.74, 6) is 4.75. The number of nitro groups is 1.